The molecule has 0 aliphatic rings. The third-order valence-corrected chi connectivity index (χ3v) is 2.30. The number of aromatic nitrogens is 2. The fourth-order valence-electron chi connectivity index (χ4n) is 1.31. The highest BCUT2D eigenvalue weighted by Gasteiger charge is 2.01. The SMILES string of the molecule is C[n+]1cncc(-c2ccc(S)cc2)c1. The van der Waals surface area contributed by atoms with Gasteiger partial charge in [0.05, 0.1) is 12.6 Å². The summed E-state index contributed by atoms with van der Waals surface area (Å²) >= 11 is 4.24. The molecule has 0 N–H and O–H groups in total. The van der Waals surface area contributed by atoms with Crippen LogP contribution < -0.4 is 4.57 Å². The van der Waals surface area contributed by atoms with E-state index >= 15 is 0 Å². The predicted molar refractivity (Wildman–Crippen MR) is 58.1 cm³/mol. The molecule has 0 aliphatic heterocycles. The maximum atomic E-state index is 4.24. The van der Waals surface area contributed by atoms with Crippen molar-refractivity contribution in [3.8, 4) is 11.1 Å². The molecule has 1 aromatic heterocycles. The molecule has 14 heavy (non-hydrogen) atoms. The second-order valence-electron chi connectivity index (χ2n) is 3.19. The number of thiol groups is 1. The first-order valence-electron chi connectivity index (χ1n) is 4.35. The zero-order valence-electron chi connectivity index (χ0n) is 7.88. The zero-order valence-corrected chi connectivity index (χ0v) is 8.78. The minimum Gasteiger partial charge on any atom is -0.239 e. The van der Waals surface area contributed by atoms with Crippen LogP contribution in [0.25, 0.3) is 11.1 Å². The summed E-state index contributed by atoms with van der Waals surface area (Å²) in [5.74, 6) is 0. The first-order chi connectivity index (χ1) is 6.75. The van der Waals surface area contributed by atoms with E-state index in [1.165, 1.54) is 0 Å². The van der Waals surface area contributed by atoms with Crippen LogP contribution >= 0.6 is 12.6 Å². The average molecular weight is 203 g/mol. The van der Waals surface area contributed by atoms with Gasteiger partial charge in [0, 0.05) is 4.90 Å². The minimum atomic E-state index is 0.974. The van der Waals surface area contributed by atoms with Gasteiger partial charge in [-0.15, -0.1) is 12.6 Å². The molecule has 0 spiro atoms. The highest BCUT2D eigenvalue weighted by atomic mass is 32.1. The van der Waals surface area contributed by atoms with E-state index in [2.05, 4.69) is 17.6 Å². The summed E-state index contributed by atoms with van der Waals surface area (Å²) in [6.07, 6.45) is 5.67. The van der Waals surface area contributed by atoms with Gasteiger partial charge in [-0.2, -0.15) is 0 Å². The molecule has 1 aromatic carbocycles. The summed E-state index contributed by atoms with van der Waals surface area (Å²) in [6, 6.07) is 8.04. The predicted octanol–water partition coefficient (Wildman–Crippen LogP) is 1.86. The lowest BCUT2D eigenvalue weighted by atomic mass is 10.1. The van der Waals surface area contributed by atoms with Gasteiger partial charge in [0.15, 0.2) is 6.20 Å². The molecule has 0 amide bonds. The second-order valence-corrected chi connectivity index (χ2v) is 3.71. The number of hydrogen-bond donors (Lipinski definition) is 1. The molecule has 2 rings (SSSR count). The molecule has 0 fully saturated rings. The molecular weight excluding hydrogens is 192 g/mol. The van der Waals surface area contributed by atoms with Gasteiger partial charge in [-0.25, -0.2) is 4.57 Å². The first-order valence-corrected chi connectivity index (χ1v) is 4.80. The summed E-state index contributed by atoms with van der Waals surface area (Å²) in [6.45, 7) is 0. The maximum Gasteiger partial charge on any atom is 0.285 e. The van der Waals surface area contributed by atoms with Crippen LogP contribution in [-0.2, 0) is 7.05 Å². The van der Waals surface area contributed by atoms with Gasteiger partial charge in [0.25, 0.3) is 6.33 Å². The van der Waals surface area contributed by atoms with Crippen molar-refractivity contribution >= 4 is 12.6 Å². The lowest BCUT2D eigenvalue weighted by Gasteiger charge is -1.98. The summed E-state index contributed by atoms with van der Waals surface area (Å²) in [4.78, 5) is 5.10. The summed E-state index contributed by atoms with van der Waals surface area (Å²) in [7, 11) is 1.96. The molecule has 0 saturated heterocycles. The lowest BCUT2D eigenvalue weighted by molar-refractivity contribution is -0.674. The van der Waals surface area contributed by atoms with Crippen LogP contribution in [0.2, 0.25) is 0 Å². The lowest BCUT2D eigenvalue weighted by Crippen LogP contribution is -2.27. The molecule has 0 unspecified atom stereocenters. The number of nitrogens with zero attached hydrogens (tertiary/aromatic N) is 2. The Morgan fingerprint density at radius 1 is 1.14 bits per heavy atom. The Bertz CT molecular complexity index is 437. The van der Waals surface area contributed by atoms with E-state index in [9.17, 15) is 0 Å². The highest BCUT2D eigenvalue weighted by Crippen LogP contribution is 2.18. The average Bonchev–Trinajstić information content (AvgIpc) is 2.19. The normalized spacial score (nSPS) is 10.1. The Hall–Kier alpha value is -1.35. The van der Waals surface area contributed by atoms with Crippen LogP contribution in [0, 0.1) is 0 Å². The molecular formula is C11H11N2S+. The summed E-state index contributed by atoms with van der Waals surface area (Å²) in [5, 5.41) is 0. The quantitative estimate of drug-likeness (QED) is 0.553. The molecule has 2 nitrogen and oxygen atoms in total. The Morgan fingerprint density at radius 3 is 2.50 bits per heavy atom. The monoisotopic (exact) mass is 203 g/mol. The van der Waals surface area contributed by atoms with Crippen molar-refractivity contribution in [2.75, 3.05) is 0 Å². The molecule has 0 aliphatic carbocycles. The van der Waals surface area contributed by atoms with E-state index < -0.39 is 0 Å². The van der Waals surface area contributed by atoms with Crippen molar-refractivity contribution in [3.05, 3.63) is 43.0 Å². The molecule has 70 valence electrons. The molecule has 1 heterocycles. The Kier molecular flexibility index (Phi) is 2.50. The van der Waals surface area contributed by atoms with Crippen molar-refractivity contribution in [2.24, 2.45) is 7.05 Å². The molecule has 0 radical (unpaired) electrons. The second kappa shape index (κ2) is 3.80. The fourth-order valence-corrected chi connectivity index (χ4v) is 1.46. The van der Waals surface area contributed by atoms with Gasteiger partial charge in [0.1, 0.15) is 6.20 Å². The number of benzene rings is 1. The van der Waals surface area contributed by atoms with E-state index in [4.69, 9.17) is 0 Å². The third kappa shape index (κ3) is 1.93. The van der Waals surface area contributed by atoms with Crippen LogP contribution in [0.4, 0.5) is 0 Å². The van der Waals surface area contributed by atoms with Crippen LogP contribution in [0.1, 0.15) is 0 Å². The van der Waals surface area contributed by atoms with Crippen LogP contribution in [0.3, 0.4) is 0 Å². The third-order valence-electron chi connectivity index (χ3n) is 2.01. The van der Waals surface area contributed by atoms with Crippen molar-refractivity contribution in [1.82, 2.24) is 4.98 Å². The van der Waals surface area contributed by atoms with Gasteiger partial charge in [-0.3, -0.25) is 0 Å². The van der Waals surface area contributed by atoms with Gasteiger partial charge >= 0.3 is 0 Å². The van der Waals surface area contributed by atoms with Crippen molar-refractivity contribution in [3.63, 3.8) is 0 Å². The summed E-state index contributed by atoms with van der Waals surface area (Å²) < 4.78 is 1.93. The van der Waals surface area contributed by atoms with Crippen LogP contribution in [0.15, 0.2) is 47.9 Å². The molecule has 3 heteroatoms. The van der Waals surface area contributed by atoms with Gasteiger partial charge in [0.2, 0.25) is 0 Å². The molecule has 0 saturated carbocycles. The standard InChI is InChI=1S/C11H10N2S/c1-13-7-10(6-12-8-13)9-2-4-11(14)5-3-9/h2-8H,1H3/p+1. The Morgan fingerprint density at radius 2 is 1.86 bits per heavy atom. The molecule has 0 atom stereocenters. The van der Waals surface area contributed by atoms with E-state index in [0.29, 0.717) is 0 Å². The zero-order chi connectivity index (χ0) is 9.97. The van der Waals surface area contributed by atoms with Crippen LogP contribution in [0.5, 0.6) is 0 Å². The topological polar surface area (TPSA) is 16.8 Å². The number of aryl methyl sites for hydroxylation is 1. The van der Waals surface area contributed by atoms with Crippen LogP contribution in [-0.4, -0.2) is 4.98 Å². The number of hydrogen-bond acceptors (Lipinski definition) is 2. The minimum absolute atomic E-state index is 0.974. The Labute approximate surface area is 88.7 Å². The number of rotatable bonds is 1. The van der Waals surface area contributed by atoms with Gasteiger partial charge in [-0.05, 0) is 17.7 Å². The highest BCUT2D eigenvalue weighted by molar-refractivity contribution is 7.80. The first kappa shape index (κ1) is 9.21. The van der Waals surface area contributed by atoms with E-state index in [1.54, 1.807) is 6.33 Å². The van der Waals surface area contributed by atoms with Gasteiger partial charge in [-0.1, -0.05) is 17.1 Å². The Balaban J connectivity index is 2.44. The fraction of sp³-hybridized carbons (Fsp3) is 0.0909. The van der Waals surface area contributed by atoms with E-state index in [1.807, 2.05) is 48.3 Å². The van der Waals surface area contributed by atoms with Gasteiger partial charge < -0.3 is 0 Å². The maximum absolute atomic E-state index is 4.24. The molecule has 2 aromatic rings. The van der Waals surface area contributed by atoms with Crippen molar-refractivity contribution in [2.45, 2.75) is 4.90 Å². The van der Waals surface area contributed by atoms with Crippen molar-refractivity contribution in [1.29, 1.82) is 0 Å². The van der Waals surface area contributed by atoms with Crippen molar-refractivity contribution < 1.29 is 4.57 Å². The van der Waals surface area contributed by atoms with E-state index in [-0.39, 0.29) is 0 Å². The molecule has 0 bridgehead atoms. The summed E-state index contributed by atoms with van der Waals surface area (Å²) in [5.41, 5.74) is 2.27. The van der Waals surface area contributed by atoms with E-state index in [0.717, 1.165) is 16.0 Å². The largest absolute Gasteiger partial charge is 0.285 e. The smallest absolute Gasteiger partial charge is 0.239 e.